The number of hydrogen-bond donors (Lipinski definition) is 0. The van der Waals surface area contributed by atoms with E-state index in [9.17, 15) is 0 Å². The van der Waals surface area contributed by atoms with Crippen LogP contribution in [0.5, 0.6) is 0 Å². The minimum Gasteiger partial charge on any atom is -2.00 e. The van der Waals surface area contributed by atoms with Gasteiger partial charge < -0.3 is 13.5 Å². The maximum absolute atomic E-state index is 4.64. The number of rotatable bonds is 0. The van der Waals surface area contributed by atoms with Gasteiger partial charge in [0.1, 0.15) is 0 Å². The Morgan fingerprint density at radius 1 is 1.00 bits per heavy atom. The second-order valence-electron chi connectivity index (χ2n) is 0. The summed E-state index contributed by atoms with van der Waals surface area (Å²) in [5.41, 5.74) is 0. The van der Waals surface area contributed by atoms with Gasteiger partial charge in [-0.05, 0) is 0 Å². The maximum Gasteiger partial charge on any atom is 1.00 e. The van der Waals surface area contributed by atoms with Gasteiger partial charge in [0.15, 0.2) is 0 Å². The molecule has 0 fully saturated rings. The minimum absolute atomic E-state index is 0. The van der Waals surface area contributed by atoms with Crippen molar-refractivity contribution in [2.75, 3.05) is 6.38 Å². The second-order valence-corrected chi connectivity index (χ2v) is 0. The zero-order valence-corrected chi connectivity index (χ0v) is 9.36. The zero-order valence-electron chi connectivity index (χ0n) is 3.79. The van der Waals surface area contributed by atoms with Crippen molar-refractivity contribution in [2.24, 2.45) is 0 Å². The average Bonchev–Trinajstić information content (AvgIpc) is 1.00. The molecule has 0 saturated carbocycles. The molecule has 0 aromatic heterocycles. The quantitative estimate of drug-likeness (QED) is 0.226. The van der Waals surface area contributed by atoms with E-state index in [0.29, 0.717) is 0 Å². The van der Waals surface area contributed by atoms with E-state index in [4.69, 9.17) is 0 Å². The molecule has 0 nitrogen and oxygen atoms in total. The van der Waals surface area contributed by atoms with Gasteiger partial charge in [-0.25, -0.2) is 0 Å². The van der Waals surface area contributed by atoms with Crippen molar-refractivity contribution in [3.63, 3.8) is 0 Å². The zero-order chi connectivity index (χ0) is 2.00. The molecule has 0 aliphatic carbocycles. The van der Waals surface area contributed by atoms with E-state index in [1.54, 1.807) is 0 Å². The van der Waals surface area contributed by atoms with E-state index in [-0.39, 0.29) is 72.6 Å². The molecule has 0 unspecified atom stereocenters. The molecule has 0 heterocycles. The molecular weight excluding hydrogens is 126 g/mol. The topological polar surface area (TPSA) is 0 Å². The monoisotopic (exact) mass is 128 g/mol. The third-order valence-corrected chi connectivity index (χ3v) is 0. The summed E-state index contributed by atoms with van der Waals surface area (Å²) in [6, 6.07) is 0. The minimum atomic E-state index is 0. The van der Waals surface area contributed by atoms with E-state index in [1.807, 2.05) is 0 Å². The van der Waals surface area contributed by atoms with Crippen LogP contribution in [0.2, 0.25) is 0 Å². The SMILES string of the molecule is CCl.[Na+].[Na+].[S-2]. The maximum atomic E-state index is 4.64. The van der Waals surface area contributed by atoms with Crippen LogP contribution in [-0.4, -0.2) is 6.38 Å². The summed E-state index contributed by atoms with van der Waals surface area (Å²) >= 11 is 4.64. The van der Waals surface area contributed by atoms with Gasteiger partial charge in [-0.2, -0.15) is 0 Å². The first-order chi connectivity index (χ1) is 1.00. The second kappa shape index (κ2) is 30.3. The molecule has 0 radical (unpaired) electrons. The van der Waals surface area contributed by atoms with Crippen LogP contribution in [0.15, 0.2) is 0 Å². The Labute approximate surface area is 89.1 Å². The van der Waals surface area contributed by atoms with Crippen LogP contribution in [0.25, 0.3) is 0 Å². The van der Waals surface area contributed by atoms with Gasteiger partial charge in [-0.15, -0.1) is 11.6 Å². The van der Waals surface area contributed by atoms with Crippen molar-refractivity contribution in [1.29, 1.82) is 0 Å². The summed E-state index contributed by atoms with van der Waals surface area (Å²) in [6.07, 6.45) is 1.47. The Morgan fingerprint density at radius 2 is 1.00 bits per heavy atom. The molecule has 0 atom stereocenters. The van der Waals surface area contributed by atoms with Crippen LogP contribution in [0, 0.1) is 0 Å². The summed E-state index contributed by atoms with van der Waals surface area (Å²) < 4.78 is 0. The normalized spacial score (nSPS) is 1.20. The first-order valence-electron chi connectivity index (χ1n) is 0.378. The van der Waals surface area contributed by atoms with E-state index >= 15 is 0 Å². The average molecular weight is 129 g/mol. The summed E-state index contributed by atoms with van der Waals surface area (Å²) in [6.45, 7) is 0. The molecular formula is CH3ClNa2S. The fourth-order valence-corrected chi connectivity index (χ4v) is 0. The van der Waals surface area contributed by atoms with E-state index in [1.165, 1.54) is 6.38 Å². The molecule has 4 heteroatoms. The van der Waals surface area contributed by atoms with Crippen LogP contribution in [0.3, 0.4) is 0 Å². The van der Waals surface area contributed by atoms with Crippen molar-refractivity contribution >= 4 is 25.1 Å². The molecule has 22 valence electrons. The molecule has 0 saturated heterocycles. The standard InChI is InChI=1S/CH3Cl.2Na.S/c1-2;;;/h1H3;;;/q;2*+1;-2. The Kier molecular flexibility index (Phi) is 154. The molecule has 0 aliphatic heterocycles. The van der Waals surface area contributed by atoms with Crippen molar-refractivity contribution in [3.8, 4) is 0 Å². The molecule has 0 rings (SSSR count). The smallest absolute Gasteiger partial charge is 1.00 e. The van der Waals surface area contributed by atoms with Gasteiger partial charge in [0, 0.05) is 6.38 Å². The Morgan fingerprint density at radius 3 is 1.00 bits per heavy atom. The molecule has 0 amide bonds. The molecule has 5 heavy (non-hydrogen) atoms. The summed E-state index contributed by atoms with van der Waals surface area (Å²) in [4.78, 5) is 0. The van der Waals surface area contributed by atoms with Gasteiger partial charge in [0.05, 0.1) is 0 Å². The predicted octanol–water partition coefficient (Wildman–Crippen LogP) is -5.14. The van der Waals surface area contributed by atoms with Crippen molar-refractivity contribution in [3.05, 3.63) is 0 Å². The van der Waals surface area contributed by atoms with Gasteiger partial charge in [0.25, 0.3) is 0 Å². The van der Waals surface area contributed by atoms with Crippen molar-refractivity contribution in [1.82, 2.24) is 0 Å². The Balaban J connectivity index is -0.00000000167. The Bertz CT molecular complexity index is 9.61. The van der Waals surface area contributed by atoms with Crippen molar-refractivity contribution in [2.45, 2.75) is 0 Å². The van der Waals surface area contributed by atoms with Crippen LogP contribution in [-0.2, 0) is 13.5 Å². The number of alkyl halides is 1. The molecule has 0 N–H and O–H groups in total. The fraction of sp³-hybridized carbons (Fsp3) is 1.00. The van der Waals surface area contributed by atoms with Crippen LogP contribution in [0.4, 0.5) is 0 Å². The largest absolute Gasteiger partial charge is 2.00 e. The van der Waals surface area contributed by atoms with Crippen LogP contribution < -0.4 is 59.1 Å². The molecule has 0 spiro atoms. The van der Waals surface area contributed by atoms with Crippen molar-refractivity contribution < 1.29 is 59.1 Å². The van der Waals surface area contributed by atoms with E-state index < -0.39 is 0 Å². The molecule has 0 aromatic rings. The van der Waals surface area contributed by atoms with Crippen LogP contribution >= 0.6 is 11.6 Å². The third-order valence-electron chi connectivity index (χ3n) is 0. The van der Waals surface area contributed by atoms with Gasteiger partial charge in [-0.3, -0.25) is 0 Å². The molecule has 0 aliphatic rings. The third kappa shape index (κ3) is 20.5. The van der Waals surface area contributed by atoms with E-state index in [0.717, 1.165) is 0 Å². The Hall–Kier alpha value is 2.64. The van der Waals surface area contributed by atoms with E-state index in [2.05, 4.69) is 11.6 Å². The molecule has 0 bridgehead atoms. The number of hydrogen-bond acceptors (Lipinski definition) is 0. The summed E-state index contributed by atoms with van der Waals surface area (Å²) in [5.74, 6) is 0. The van der Waals surface area contributed by atoms with Gasteiger partial charge >= 0.3 is 59.1 Å². The summed E-state index contributed by atoms with van der Waals surface area (Å²) in [5, 5.41) is 0. The van der Waals surface area contributed by atoms with Gasteiger partial charge in [-0.1, -0.05) is 0 Å². The first-order valence-corrected chi connectivity index (χ1v) is 1.13. The van der Waals surface area contributed by atoms with Crippen LogP contribution in [0.1, 0.15) is 0 Å². The molecule has 0 aromatic carbocycles. The predicted molar refractivity (Wildman–Crippen MR) is 19.1 cm³/mol. The van der Waals surface area contributed by atoms with Gasteiger partial charge in [0.2, 0.25) is 0 Å². The summed E-state index contributed by atoms with van der Waals surface area (Å²) in [7, 11) is 0. The first kappa shape index (κ1) is 25.4. The number of halogens is 1. The fourth-order valence-electron chi connectivity index (χ4n) is 0.